The van der Waals surface area contributed by atoms with Gasteiger partial charge < -0.3 is 4.98 Å². The van der Waals surface area contributed by atoms with Gasteiger partial charge in [-0.15, -0.1) is 0 Å². The monoisotopic (exact) mass is 327 g/mol. The molecule has 0 fully saturated rings. The first kappa shape index (κ1) is 14.8. The molecule has 1 heterocycles. The molecule has 0 aliphatic heterocycles. The number of aryl methyl sites for hydroxylation is 1. The Hall–Kier alpha value is -1.81. The number of aromatic amines is 1. The van der Waals surface area contributed by atoms with Crippen LogP contribution in [0.15, 0.2) is 52.5 Å². The molecule has 2 aromatic rings. The molecule has 0 amide bonds. The number of hydrogen-bond donors (Lipinski definition) is 1. The largest absolute Gasteiger partial charge is 0.352 e. The third-order valence-electron chi connectivity index (χ3n) is 5.25. The summed E-state index contributed by atoms with van der Waals surface area (Å²) in [6.07, 6.45) is 10.6. The third-order valence-corrected chi connectivity index (χ3v) is 7.05. The van der Waals surface area contributed by atoms with Crippen LogP contribution in [-0.2, 0) is 22.7 Å². The van der Waals surface area contributed by atoms with Gasteiger partial charge in [0.2, 0.25) is 9.84 Å². The maximum atomic E-state index is 13.0. The summed E-state index contributed by atoms with van der Waals surface area (Å²) in [5, 5.41) is 0.397. The number of fused-ring (bicyclic) bond motifs is 2. The zero-order valence-electron chi connectivity index (χ0n) is 13.2. The molecule has 0 radical (unpaired) electrons. The summed E-state index contributed by atoms with van der Waals surface area (Å²) < 4.78 is 26.0. The zero-order chi connectivity index (χ0) is 16.0. The molecule has 2 aliphatic rings. The topological polar surface area (TPSA) is 49.9 Å². The fraction of sp³-hybridized carbons (Fsp3) is 0.368. The van der Waals surface area contributed by atoms with Gasteiger partial charge in [-0.05, 0) is 67.7 Å². The van der Waals surface area contributed by atoms with Crippen LogP contribution in [0.5, 0.6) is 0 Å². The van der Waals surface area contributed by atoms with E-state index in [9.17, 15) is 8.42 Å². The van der Waals surface area contributed by atoms with E-state index in [0.29, 0.717) is 21.8 Å². The van der Waals surface area contributed by atoms with Gasteiger partial charge in [0.1, 0.15) is 5.03 Å². The van der Waals surface area contributed by atoms with Crippen molar-refractivity contribution in [2.45, 2.75) is 42.5 Å². The van der Waals surface area contributed by atoms with Crippen LogP contribution < -0.4 is 0 Å². The van der Waals surface area contributed by atoms with Crippen molar-refractivity contribution < 1.29 is 8.42 Å². The van der Waals surface area contributed by atoms with Gasteiger partial charge in [0, 0.05) is 6.20 Å². The Morgan fingerprint density at radius 1 is 1.13 bits per heavy atom. The first-order valence-electron chi connectivity index (χ1n) is 8.23. The Balaban J connectivity index is 1.76. The number of allylic oxidation sites excluding steroid dienone is 2. The van der Waals surface area contributed by atoms with E-state index in [1.54, 1.807) is 12.1 Å². The van der Waals surface area contributed by atoms with E-state index < -0.39 is 9.84 Å². The molecule has 1 aromatic carbocycles. The maximum absolute atomic E-state index is 13.0. The lowest BCUT2D eigenvalue weighted by molar-refractivity contribution is 0.331. The lowest BCUT2D eigenvalue weighted by atomic mass is 9.73. The molecule has 3 nitrogen and oxygen atoms in total. The van der Waals surface area contributed by atoms with Crippen LogP contribution in [0.2, 0.25) is 0 Å². The fourth-order valence-corrected chi connectivity index (χ4v) is 5.40. The van der Waals surface area contributed by atoms with E-state index in [0.717, 1.165) is 30.4 Å². The maximum Gasteiger partial charge on any atom is 0.222 e. The van der Waals surface area contributed by atoms with Crippen LogP contribution in [0.4, 0.5) is 0 Å². The first-order chi connectivity index (χ1) is 11.1. The van der Waals surface area contributed by atoms with Crippen LogP contribution in [0.1, 0.15) is 29.5 Å². The minimum Gasteiger partial charge on any atom is -0.352 e. The minimum atomic E-state index is -3.47. The number of sulfone groups is 1. The van der Waals surface area contributed by atoms with Crippen molar-refractivity contribution in [3.63, 3.8) is 0 Å². The Kier molecular flexibility index (Phi) is 3.45. The second-order valence-corrected chi connectivity index (χ2v) is 8.66. The molecule has 23 heavy (non-hydrogen) atoms. The molecule has 1 aromatic heterocycles. The molecule has 2 aliphatic carbocycles. The molecule has 2 unspecified atom stereocenters. The summed E-state index contributed by atoms with van der Waals surface area (Å²) in [5.74, 6) is 1.15. The predicted octanol–water partition coefficient (Wildman–Crippen LogP) is 3.84. The molecule has 1 N–H and O–H groups in total. The highest BCUT2D eigenvalue weighted by Crippen LogP contribution is 2.39. The molecule has 0 saturated carbocycles. The summed E-state index contributed by atoms with van der Waals surface area (Å²) in [6.45, 7) is 1.96. The van der Waals surface area contributed by atoms with Crippen LogP contribution in [0, 0.1) is 18.8 Å². The number of benzene rings is 1. The molecule has 0 spiro atoms. The molecular formula is C19H21NO2S. The van der Waals surface area contributed by atoms with Crippen LogP contribution in [0.3, 0.4) is 0 Å². The zero-order valence-corrected chi connectivity index (χ0v) is 14.1. The van der Waals surface area contributed by atoms with Gasteiger partial charge in [0.25, 0.3) is 0 Å². The van der Waals surface area contributed by atoms with E-state index in [1.807, 2.05) is 25.3 Å². The van der Waals surface area contributed by atoms with E-state index >= 15 is 0 Å². The van der Waals surface area contributed by atoms with E-state index in [1.165, 1.54) is 12.0 Å². The fourth-order valence-electron chi connectivity index (χ4n) is 3.91. The van der Waals surface area contributed by atoms with Crippen molar-refractivity contribution in [1.82, 2.24) is 4.98 Å². The average molecular weight is 327 g/mol. The highest BCUT2D eigenvalue weighted by molar-refractivity contribution is 7.91. The predicted molar refractivity (Wildman–Crippen MR) is 90.2 cm³/mol. The van der Waals surface area contributed by atoms with Gasteiger partial charge in [-0.3, -0.25) is 0 Å². The SMILES string of the molecule is Cc1ccc(S(=O)(=O)c2[nH]cc3c2CC2C=CCCC2C3)cc1. The second kappa shape index (κ2) is 5.38. The lowest BCUT2D eigenvalue weighted by Gasteiger charge is -2.32. The van der Waals surface area contributed by atoms with Crippen molar-refractivity contribution in [3.05, 3.63) is 59.3 Å². The van der Waals surface area contributed by atoms with Crippen molar-refractivity contribution in [1.29, 1.82) is 0 Å². The number of H-pyrrole nitrogens is 1. The van der Waals surface area contributed by atoms with E-state index in [4.69, 9.17) is 0 Å². The van der Waals surface area contributed by atoms with Crippen molar-refractivity contribution in [2.24, 2.45) is 11.8 Å². The smallest absolute Gasteiger partial charge is 0.222 e. The Bertz CT molecular complexity index is 859. The van der Waals surface area contributed by atoms with Gasteiger partial charge in [0.15, 0.2) is 0 Å². The number of nitrogens with one attached hydrogen (secondary N) is 1. The minimum absolute atomic E-state index is 0.369. The molecular weight excluding hydrogens is 306 g/mol. The number of aromatic nitrogens is 1. The molecule has 4 heteroatoms. The number of rotatable bonds is 2. The normalized spacial score (nSPS) is 23.3. The standard InChI is InChI=1S/C19H21NO2S/c1-13-6-8-17(9-7-13)23(21,22)19-18-11-15-5-3-2-4-14(15)10-16(18)12-20-19/h3,5-9,12,14-15,20H,2,4,10-11H2,1H3. The van der Waals surface area contributed by atoms with Crippen molar-refractivity contribution >= 4 is 9.84 Å². The van der Waals surface area contributed by atoms with Crippen molar-refractivity contribution in [3.8, 4) is 0 Å². The van der Waals surface area contributed by atoms with E-state index in [2.05, 4.69) is 17.1 Å². The molecule has 0 bridgehead atoms. The Morgan fingerprint density at radius 3 is 2.70 bits per heavy atom. The van der Waals surface area contributed by atoms with Crippen molar-refractivity contribution in [2.75, 3.05) is 0 Å². The molecule has 4 rings (SSSR count). The van der Waals surface area contributed by atoms with Crippen LogP contribution in [-0.4, -0.2) is 13.4 Å². The quantitative estimate of drug-likeness (QED) is 0.852. The summed E-state index contributed by atoms with van der Waals surface area (Å²) >= 11 is 0. The van der Waals surface area contributed by atoms with Crippen LogP contribution >= 0.6 is 0 Å². The first-order valence-corrected chi connectivity index (χ1v) is 9.71. The second-order valence-electron chi connectivity index (χ2n) is 6.78. The summed E-state index contributed by atoms with van der Waals surface area (Å²) in [6, 6.07) is 7.10. The molecule has 0 saturated heterocycles. The average Bonchev–Trinajstić information content (AvgIpc) is 2.96. The third kappa shape index (κ3) is 2.45. The number of hydrogen-bond acceptors (Lipinski definition) is 2. The highest BCUT2D eigenvalue weighted by atomic mass is 32.2. The molecule has 2 atom stereocenters. The van der Waals surface area contributed by atoms with Gasteiger partial charge in [-0.2, -0.15) is 0 Å². The Morgan fingerprint density at radius 2 is 1.91 bits per heavy atom. The van der Waals surface area contributed by atoms with E-state index in [-0.39, 0.29) is 0 Å². The van der Waals surface area contributed by atoms with Gasteiger partial charge in [0.05, 0.1) is 4.90 Å². The van der Waals surface area contributed by atoms with Gasteiger partial charge >= 0.3 is 0 Å². The summed E-state index contributed by atoms with van der Waals surface area (Å²) in [5.41, 5.74) is 3.25. The molecule has 120 valence electrons. The van der Waals surface area contributed by atoms with Crippen LogP contribution in [0.25, 0.3) is 0 Å². The van der Waals surface area contributed by atoms with Gasteiger partial charge in [-0.1, -0.05) is 29.8 Å². The summed E-state index contributed by atoms with van der Waals surface area (Å²) in [4.78, 5) is 3.44. The Labute approximate surface area is 137 Å². The highest BCUT2D eigenvalue weighted by Gasteiger charge is 2.33. The lowest BCUT2D eigenvalue weighted by Crippen LogP contribution is -2.26. The van der Waals surface area contributed by atoms with Gasteiger partial charge in [-0.25, -0.2) is 8.42 Å². The summed E-state index contributed by atoms with van der Waals surface area (Å²) in [7, 11) is -3.47.